The van der Waals surface area contributed by atoms with Crippen LogP contribution in [0.1, 0.15) is 42.9 Å². The van der Waals surface area contributed by atoms with Gasteiger partial charge in [-0.1, -0.05) is 30.7 Å². The molecule has 0 bridgehead atoms. The van der Waals surface area contributed by atoms with E-state index in [4.69, 9.17) is 0 Å². The number of urea groups is 1. The van der Waals surface area contributed by atoms with Gasteiger partial charge in [-0.2, -0.15) is 11.8 Å². The largest absolute Gasteiger partial charge is 0.390 e. The van der Waals surface area contributed by atoms with Crippen molar-refractivity contribution < 1.29 is 9.90 Å². The van der Waals surface area contributed by atoms with Crippen molar-refractivity contribution in [2.75, 3.05) is 6.26 Å². The number of aliphatic hydroxyl groups excluding tert-OH is 1. The van der Waals surface area contributed by atoms with Crippen molar-refractivity contribution in [3.05, 3.63) is 35.4 Å². The molecule has 0 heterocycles. The lowest BCUT2D eigenvalue weighted by molar-refractivity contribution is 0.141. The number of nitrogens with one attached hydrogen (secondary N) is 2. The lowest BCUT2D eigenvalue weighted by atomic mass is 9.95. The van der Waals surface area contributed by atoms with E-state index in [9.17, 15) is 9.90 Å². The van der Waals surface area contributed by atoms with Crippen LogP contribution in [0.5, 0.6) is 0 Å². The Balaban J connectivity index is 1.58. The van der Waals surface area contributed by atoms with E-state index in [2.05, 4.69) is 16.9 Å². The summed E-state index contributed by atoms with van der Waals surface area (Å²) in [7, 11) is 0. The molecule has 4 atom stereocenters. The molecule has 22 heavy (non-hydrogen) atoms. The average molecular weight is 320 g/mol. The molecule has 2 aliphatic carbocycles. The molecule has 1 aromatic rings. The summed E-state index contributed by atoms with van der Waals surface area (Å²) in [6.45, 7) is 0. The standard InChI is InChI=1S/C17H24N2O2S/c1-22-13-7-4-6-12(10-13)18-17(21)19-16-14-8-3-2-5-11(14)9-15(16)20/h2-3,5,8,12-13,15-16,20H,4,6-7,9-10H2,1H3,(H2,18,19,21)/t12?,13?,15-,16+/m1/s1. The number of hydrogen-bond donors (Lipinski definition) is 3. The molecular formula is C17H24N2O2S. The van der Waals surface area contributed by atoms with Crippen LogP contribution in [0.2, 0.25) is 0 Å². The van der Waals surface area contributed by atoms with Crippen LogP contribution >= 0.6 is 11.8 Å². The van der Waals surface area contributed by atoms with Gasteiger partial charge in [0.1, 0.15) is 0 Å². The zero-order valence-corrected chi connectivity index (χ0v) is 13.7. The van der Waals surface area contributed by atoms with Crippen LogP contribution in [0.4, 0.5) is 4.79 Å². The highest BCUT2D eigenvalue weighted by Gasteiger charge is 2.32. The number of rotatable bonds is 3. The highest BCUT2D eigenvalue weighted by Crippen LogP contribution is 2.31. The van der Waals surface area contributed by atoms with Crippen LogP contribution < -0.4 is 10.6 Å². The van der Waals surface area contributed by atoms with Gasteiger partial charge in [-0.05, 0) is 36.6 Å². The summed E-state index contributed by atoms with van der Waals surface area (Å²) < 4.78 is 0. The van der Waals surface area contributed by atoms with E-state index in [0.29, 0.717) is 11.7 Å². The second kappa shape index (κ2) is 6.92. The molecule has 4 nitrogen and oxygen atoms in total. The van der Waals surface area contributed by atoms with Crippen LogP contribution in [-0.4, -0.2) is 34.8 Å². The molecular weight excluding hydrogens is 296 g/mol. The maximum atomic E-state index is 12.3. The molecule has 0 saturated heterocycles. The summed E-state index contributed by atoms with van der Waals surface area (Å²) >= 11 is 1.89. The highest BCUT2D eigenvalue weighted by atomic mass is 32.2. The Morgan fingerprint density at radius 3 is 2.91 bits per heavy atom. The molecule has 0 aromatic heterocycles. The first-order valence-electron chi connectivity index (χ1n) is 8.03. The SMILES string of the molecule is CSC1CCCC(NC(=O)N[C@H]2c3ccccc3C[C@H]2O)C1. The second-order valence-electron chi connectivity index (χ2n) is 6.29. The van der Waals surface area contributed by atoms with E-state index in [-0.39, 0.29) is 18.1 Å². The van der Waals surface area contributed by atoms with E-state index in [1.807, 2.05) is 36.0 Å². The normalized spacial score (nSPS) is 30.6. The first-order chi connectivity index (χ1) is 10.7. The molecule has 0 radical (unpaired) electrons. The minimum absolute atomic E-state index is 0.160. The van der Waals surface area contributed by atoms with Crippen LogP contribution in [0.15, 0.2) is 24.3 Å². The van der Waals surface area contributed by atoms with Gasteiger partial charge in [0.2, 0.25) is 0 Å². The van der Waals surface area contributed by atoms with Crippen molar-refractivity contribution >= 4 is 17.8 Å². The molecule has 120 valence electrons. The van der Waals surface area contributed by atoms with Gasteiger partial charge in [0, 0.05) is 17.7 Å². The van der Waals surface area contributed by atoms with Crippen molar-refractivity contribution in [2.45, 2.75) is 55.5 Å². The third-order valence-corrected chi connectivity index (χ3v) is 5.88. The lowest BCUT2D eigenvalue weighted by Crippen LogP contribution is -2.47. The molecule has 2 unspecified atom stereocenters. The van der Waals surface area contributed by atoms with Crippen molar-refractivity contribution in [2.24, 2.45) is 0 Å². The summed E-state index contributed by atoms with van der Waals surface area (Å²) in [6, 6.07) is 7.72. The van der Waals surface area contributed by atoms with Gasteiger partial charge < -0.3 is 15.7 Å². The molecule has 3 rings (SSSR count). The Labute approximate surface area is 136 Å². The average Bonchev–Trinajstić information content (AvgIpc) is 2.83. The molecule has 1 aromatic carbocycles. The molecule has 1 fully saturated rings. The Morgan fingerprint density at radius 2 is 2.09 bits per heavy atom. The number of thioether (sulfide) groups is 1. The number of aliphatic hydroxyl groups is 1. The molecule has 0 spiro atoms. The van der Waals surface area contributed by atoms with Crippen LogP contribution in [0.3, 0.4) is 0 Å². The van der Waals surface area contributed by atoms with Gasteiger partial charge in [-0.3, -0.25) is 0 Å². The second-order valence-corrected chi connectivity index (χ2v) is 7.43. The number of amides is 2. The van der Waals surface area contributed by atoms with Crippen molar-refractivity contribution in [3.63, 3.8) is 0 Å². The smallest absolute Gasteiger partial charge is 0.315 e. The Morgan fingerprint density at radius 1 is 1.27 bits per heavy atom. The molecule has 1 saturated carbocycles. The Hall–Kier alpha value is -1.20. The quantitative estimate of drug-likeness (QED) is 0.802. The lowest BCUT2D eigenvalue weighted by Gasteiger charge is -2.29. The van der Waals surface area contributed by atoms with Crippen LogP contribution in [0, 0.1) is 0 Å². The number of benzene rings is 1. The van der Waals surface area contributed by atoms with E-state index in [1.165, 1.54) is 12.8 Å². The van der Waals surface area contributed by atoms with Crippen molar-refractivity contribution in [1.82, 2.24) is 10.6 Å². The fourth-order valence-electron chi connectivity index (χ4n) is 3.61. The molecule has 2 amide bonds. The maximum Gasteiger partial charge on any atom is 0.315 e. The zero-order chi connectivity index (χ0) is 15.5. The number of hydrogen-bond acceptors (Lipinski definition) is 3. The number of carbonyl (C=O) groups excluding carboxylic acids is 1. The van der Waals surface area contributed by atoms with Gasteiger partial charge >= 0.3 is 6.03 Å². The fourth-order valence-corrected chi connectivity index (χ4v) is 4.43. The fraction of sp³-hybridized carbons (Fsp3) is 0.588. The first-order valence-corrected chi connectivity index (χ1v) is 9.32. The molecule has 3 N–H and O–H groups in total. The van der Waals surface area contributed by atoms with Crippen LogP contribution in [0.25, 0.3) is 0 Å². The Kier molecular flexibility index (Phi) is 4.93. The van der Waals surface area contributed by atoms with Gasteiger partial charge in [0.05, 0.1) is 12.1 Å². The maximum absolute atomic E-state index is 12.3. The van der Waals surface area contributed by atoms with Crippen molar-refractivity contribution in [3.8, 4) is 0 Å². The van der Waals surface area contributed by atoms with Gasteiger partial charge in [0.15, 0.2) is 0 Å². The Bertz CT molecular complexity index is 537. The van der Waals surface area contributed by atoms with Crippen LogP contribution in [-0.2, 0) is 6.42 Å². The topological polar surface area (TPSA) is 61.4 Å². The van der Waals surface area contributed by atoms with Crippen molar-refractivity contribution in [1.29, 1.82) is 0 Å². The zero-order valence-electron chi connectivity index (χ0n) is 12.9. The predicted octanol–water partition coefficient (Wildman–Crippen LogP) is 2.62. The third kappa shape index (κ3) is 3.41. The van der Waals surface area contributed by atoms with Gasteiger partial charge in [-0.25, -0.2) is 4.79 Å². The monoisotopic (exact) mass is 320 g/mol. The van der Waals surface area contributed by atoms with E-state index < -0.39 is 6.10 Å². The summed E-state index contributed by atoms with van der Waals surface area (Å²) in [4.78, 5) is 12.3. The third-order valence-electron chi connectivity index (χ3n) is 4.79. The summed E-state index contributed by atoms with van der Waals surface area (Å²) in [6.07, 6.45) is 6.72. The number of carbonyl (C=O) groups is 1. The van der Waals surface area contributed by atoms with E-state index in [0.717, 1.165) is 24.0 Å². The summed E-state index contributed by atoms with van der Waals surface area (Å²) in [5.74, 6) is 0. The molecule has 0 aliphatic heterocycles. The van der Waals surface area contributed by atoms with E-state index >= 15 is 0 Å². The molecule has 5 heteroatoms. The number of fused-ring (bicyclic) bond motifs is 1. The predicted molar refractivity (Wildman–Crippen MR) is 90.1 cm³/mol. The van der Waals surface area contributed by atoms with E-state index in [1.54, 1.807) is 0 Å². The molecule has 2 aliphatic rings. The minimum atomic E-state index is -0.534. The minimum Gasteiger partial charge on any atom is -0.390 e. The van der Waals surface area contributed by atoms with Gasteiger partial charge in [0.25, 0.3) is 0 Å². The summed E-state index contributed by atoms with van der Waals surface area (Å²) in [5, 5.41) is 16.9. The first kappa shape index (κ1) is 15.7. The highest BCUT2D eigenvalue weighted by molar-refractivity contribution is 7.99. The summed E-state index contributed by atoms with van der Waals surface area (Å²) in [5.41, 5.74) is 2.16. The van der Waals surface area contributed by atoms with Gasteiger partial charge in [-0.15, -0.1) is 0 Å².